The Bertz CT molecular complexity index is 786. The molecule has 1 unspecified atom stereocenters. The van der Waals surface area contributed by atoms with Crippen LogP contribution in [0, 0.1) is 23.5 Å². The van der Waals surface area contributed by atoms with E-state index in [4.69, 9.17) is 10.1 Å². The van der Waals surface area contributed by atoms with Crippen LogP contribution in [0.1, 0.15) is 16.7 Å². The van der Waals surface area contributed by atoms with Gasteiger partial charge in [-0.05, 0) is 42.7 Å². The lowest BCUT2D eigenvalue weighted by atomic mass is 10.1. The zero-order valence-electron chi connectivity index (χ0n) is 12.2. The van der Waals surface area contributed by atoms with Crippen molar-refractivity contribution in [2.24, 2.45) is 0 Å². The highest BCUT2D eigenvalue weighted by atomic mass is 32.2. The molecule has 5 heteroatoms. The molecule has 2 N–H and O–H groups in total. The number of nitrogens with one attached hydrogen (secondary N) is 1. The molecule has 0 spiro atoms. The number of phenolic OH excluding ortho intramolecular Hbond substituents is 1. The van der Waals surface area contributed by atoms with Gasteiger partial charge in [-0.15, -0.1) is 0 Å². The molecule has 4 nitrogen and oxygen atoms in total. The molecule has 1 atom stereocenters. The van der Waals surface area contributed by atoms with Crippen molar-refractivity contribution in [2.45, 2.75) is 11.8 Å². The van der Waals surface area contributed by atoms with E-state index in [2.05, 4.69) is 11.2 Å². The number of ether oxygens (including phenoxy) is 1. The van der Waals surface area contributed by atoms with Crippen LogP contribution < -0.4 is 4.74 Å². The summed E-state index contributed by atoms with van der Waals surface area (Å²) < 4.78 is 17.3. The van der Waals surface area contributed by atoms with Gasteiger partial charge < -0.3 is 15.3 Å². The maximum atomic E-state index is 12.2. The number of phenols is 1. The van der Waals surface area contributed by atoms with Crippen molar-refractivity contribution in [2.75, 3.05) is 7.11 Å². The fourth-order valence-corrected chi connectivity index (χ4v) is 2.55. The number of aryl methyl sites for hydroxylation is 1. The predicted octanol–water partition coefficient (Wildman–Crippen LogP) is 2.82. The predicted molar refractivity (Wildman–Crippen MR) is 87.0 cm³/mol. The van der Waals surface area contributed by atoms with Gasteiger partial charge in [-0.2, -0.15) is 0 Å². The molecule has 0 bridgehead atoms. The molecule has 0 aliphatic heterocycles. The molecule has 0 aromatic heterocycles. The Morgan fingerprint density at radius 1 is 1.27 bits per heavy atom. The molecule has 2 rings (SSSR count). The third-order valence-electron chi connectivity index (χ3n) is 2.98. The SMILES string of the molecule is COc1c(O)cc(C=N)cc1C#CS(=O)c1ccc(C)cc1. The molecular formula is C17H15NO3S. The third-order valence-corrected chi connectivity index (χ3v) is 3.96. The lowest BCUT2D eigenvalue weighted by Crippen LogP contribution is -1.92. The van der Waals surface area contributed by atoms with Crippen LogP contribution in [0.2, 0.25) is 0 Å². The molecule has 0 aliphatic carbocycles. The Balaban J connectivity index is 2.38. The molecule has 22 heavy (non-hydrogen) atoms. The highest BCUT2D eigenvalue weighted by Gasteiger charge is 2.09. The van der Waals surface area contributed by atoms with Gasteiger partial charge in [0.15, 0.2) is 11.5 Å². The zero-order valence-corrected chi connectivity index (χ0v) is 13.0. The van der Waals surface area contributed by atoms with E-state index in [1.54, 1.807) is 18.2 Å². The molecule has 2 aromatic carbocycles. The second kappa shape index (κ2) is 6.92. The first kappa shape index (κ1) is 15.8. The van der Waals surface area contributed by atoms with Gasteiger partial charge in [0.2, 0.25) is 0 Å². The van der Waals surface area contributed by atoms with E-state index in [-0.39, 0.29) is 11.5 Å². The first-order valence-corrected chi connectivity index (χ1v) is 7.61. The van der Waals surface area contributed by atoms with Crippen molar-refractivity contribution in [3.05, 3.63) is 53.1 Å². The molecule has 0 saturated carbocycles. The van der Waals surface area contributed by atoms with Gasteiger partial charge in [0, 0.05) is 11.5 Å². The standard InChI is InChI=1S/C17H15NO3S/c1-12-3-5-15(6-4-12)22(20)8-7-14-9-13(11-18)10-16(19)17(14)21-2/h3-6,9-11,18-19H,1-2H3. The van der Waals surface area contributed by atoms with Crippen LogP contribution in [-0.2, 0) is 10.8 Å². The fraction of sp³-hybridized carbons (Fsp3) is 0.118. The van der Waals surface area contributed by atoms with Crippen molar-refractivity contribution < 1.29 is 14.1 Å². The largest absolute Gasteiger partial charge is 0.504 e. The second-order valence-corrected chi connectivity index (χ2v) is 5.79. The average molecular weight is 313 g/mol. The summed E-state index contributed by atoms with van der Waals surface area (Å²) in [7, 11) is -0.0551. The minimum absolute atomic E-state index is 0.103. The molecule has 0 amide bonds. The summed E-state index contributed by atoms with van der Waals surface area (Å²) >= 11 is 0. The van der Waals surface area contributed by atoms with E-state index in [9.17, 15) is 9.32 Å². The van der Waals surface area contributed by atoms with Crippen LogP contribution in [0.4, 0.5) is 0 Å². The van der Waals surface area contributed by atoms with Gasteiger partial charge in [0.25, 0.3) is 0 Å². The number of benzene rings is 2. The quantitative estimate of drug-likeness (QED) is 0.676. The van der Waals surface area contributed by atoms with Crippen molar-refractivity contribution in [1.82, 2.24) is 0 Å². The van der Waals surface area contributed by atoms with E-state index in [0.717, 1.165) is 11.8 Å². The number of rotatable bonds is 3. The van der Waals surface area contributed by atoms with Gasteiger partial charge in [-0.3, -0.25) is 0 Å². The van der Waals surface area contributed by atoms with Gasteiger partial charge in [-0.25, -0.2) is 4.21 Å². The minimum Gasteiger partial charge on any atom is -0.504 e. The number of aromatic hydroxyl groups is 1. The summed E-state index contributed by atoms with van der Waals surface area (Å²) in [5.74, 6) is 2.86. The monoisotopic (exact) mass is 313 g/mol. The first-order valence-electron chi connectivity index (χ1n) is 6.46. The van der Waals surface area contributed by atoms with Gasteiger partial charge in [0.1, 0.15) is 10.8 Å². The fourth-order valence-electron chi connectivity index (χ4n) is 1.85. The summed E-state index contributed by atoms with van der Waals surface area (Å²) in [5.41, 5.74) is 1.96. The number of hydrogen-bond acceptors (Lipinski definition) is 4. The molecular weight excluding hydrogens is 298 g/mol. The normalized spacial score (nSPS) is 11.2. The highest BCUT2D eigenvalue weighted by Crippen LogP contribution is 2.30. The van der Waals surface area contributed by atoms with Gasteiger partial charge in [0.05, 0.1) is 17.6 Å². The number of hydrogen-bond donors (Lipinski definition) is 2. The Labute approximate surface area is 131 Å². The maximum Gasteiger partial charge on any atom is 0.176 e. The first-order chi connectivity index (χ1) is 10.5. The Morgan fingerprint density at radius 3 is 2.55 bits per heavy atom. The smallest absolute Gasteiger partial charge is 0.176 e. The van der Waals surface area contributed by atoms with Crippen LogP contribution in [0.5, 0.6) is 11.5 Å². The van der Waals surface area contributed by atoms with Crippen molar-refractivity contribution in [3.63, 3.8) is 0 Å². The molecule has 0 fully saturated rings. The van der Waals surface area contributed by atoms with Crippen LogP contribution >= 0.6 is 0 Å². The van der Waals surface area contributed by atoms with Crippen molar-refractivity contribution in [3.8, 4) is 22.7 Å². The highest BCUT2D eigenvalue weighted by molar-refractivity contribution is 7.89. The van der Waals surface area contributed by atoms with E-state index < -0.39 is 10.8 Å². The van der Waals surface area contributed by atoms with Crippen LogP contribution in [0.3, 0.4) is 0 Å². The summed E-state index contributed by atoms with van der Waals surface area (Å²) in [6, 6.07) is 10.3. The summed E-state index contributed by atoms with van der Waals surface area (Å²) in [6.45, 7) is 1.95. The lowest BCUT2D eigenvalue weighted by Gasteiger charge is -2.06. The van der Waals surface area contributed by atoms with Crippen molar-refractivity contribution in [1.29, 1.82) is 5.41 Å². The number of methoxy groups -OCH3 is 1. The van der Waals surface area contributed by atoms with Crippen molar-refractivity contribution >= 4 is 17.0 Å². The van der Waals surface area contributed by atoms with E-state index in [1.165, 1.54) is 13.2 Å². The topological polar surface area (TPSA) is 70.4 Å². The van der Waals surface area contributed by atoms with E-state index in [1.807, 2.05) is 19.1 Å². The van der Waals surface area contributed by atoms with Crippen LogP contribution in [0.25, 0.3) is 0 Å². The lowest BCUT2D eigenvalue weighted by molar-refractivity contribution is 0.372. The maximum absolute atomic E-state index is 12.2. The average Bonchev–Trinajstić information content (AvgIpc) is 2.52. The third kappa shape index (κ3) is 3.54. The second-order valence-electron chi connectivity index (χ2n) is 4.57. The molecule has 2 aromatic rings. The van der Waals surface area contributed by atoms with Crippen LogP contribution in [-0.4, -0.2) is 22.6 Å². The Morgan fingerprint density at radius 2 is 1.95 bits per heavy atom. The summed E-state index contributed by atoms with van der Waals surface area (Å²) in [6.07, 6.45) is 1.10. The van der Waals surface area contributed by atoms with E-state index >= 15 is 0 Å². The molecule has 0 radical (unpaired) electrons. The van der Waals surface area contributed by atoms with E-state index in [0.29, 0.717) is 16.0 Å². The van der Waals surface area contributed by atoms with Gasteiger partial charge in [-0.1, -0.05) is 17.7 Å². The van der Waals surface area contributed by atoms with Crippen LogP contribution in [0.15, 0.2) is 41.3 Å². The molecule has 0 heterocycles. The Hall–Kier alpha value is -2.58. The summed E-state index contributed by atoms with van der Waals surface area (Å²) in [4.78, 5) is 0.615. The summed E-state index contributed by atoms with van der Waals surface area (Å²) in [5, 5.41) is 19.7. The zero-order chi connectivity index (χ0) is 16.1. The minimum atomic E-state index is -1.47. The molecule has 0 aliphatic rings. The van der Waals surface area contributed by atoms with Gasteiger partial charge >= 0.3 is 0 Å². The molecule has 0 saturated heterocycles. The molecule has 112 valence electrons. The Kier molecular flexibility index (Phi) is 4.97.